The molecule has 0 bridgehead atoms. The Morgan fingerprint density at radius 1 is 1.06 bits per heavy atom. The zero-order valence-corrected chi connectivity index (χ0v) is 18.5. The van der Waals surface area contributed by atoms with E-state index >= 15 is 0 Å². The van der Waals surface area contributed by atoms with E-state index in [2.05, 4.69) is 33.7 Å². The van der Waals surface area contributed by atoms with E-state index in [9.17, 15) is 8.78 Å². The highest BCUT2D eigenvalue weighted by Gasteiger charge is 2.25. The van der Waals surface area contributed by atoms with Crippen molar-refractivity contribution >= 4 is 17.3 Å². The van der Waals surface area contributed by atoms with Crippen LogP contribution in [0.5, 0.6) is 0 Å². The van der Waals surface area contributed by atoms with Crippen molar-refractivity contribution in [2.75, 3.05) is 55.7 Å². The molecule has 2 aliphatic rings. The number of anilines is 2. The van der Waals surface area contributed by atoms with E-state index in [0.717, 1.165) is 51.3 Å². The van der Waals surface area contributed by atoms with Gasteiger partial charge in [0.1, 0.15) is 11.6 Å². The fourth-order valence-electron chi connectivity index (χ4n) is 4.27. The second-order valence-electron chi connectivity index (χ2n) is 8.09. The molecule has 4 rings (SSSR count). The van der Waals surface area contributed by atoms with E-state index < -0.39 is 11.6 Å². The van der Waals surface area contributed by atoms with Gasteiger partial charge in [0, 0.05) is 50.5 Å². The first-order valence-corrected chi connectivity index (χ1v) is 11.3. The van der Waals surface area contributed by atoms with E-state index in [1.807, 2.05) is 17.9 Å². The quantitative estimate of drug-likeness (QED) is 0.531. The second kappa shape index (κ2) is 10.6. The highest BCUT2D eigenvalue weighted by Crippen LogP contribution is 2.25. The minimum Gasteiger partial charge on any atom is -0.378 e. The molecule has 0 spiro atoms. The average Bonchev–Trinajstić information content (AvgIpc) is 3.26. The highest BCUT2D eigenvalue weighted by atomic mass is 19.1. The van der Waals surface area contributed by atoms with Crippen LogP contribution in [0.2, 0.25) is 0 Å². The van der Waals surface area contributed by atoms with E-state index in [-0.39, 0.29) is 6.04 Å². The summed E-state index contributed by atoms with van der Waals surface area (Å²) in [5, 5.41) is 6.80. The molecule has 172 valence electrons. The molecule has 1 atom stereocenters. The number of guanidine groups is 1. The lowest BCUT2D eigenvalue weighted by molar-refractivity contribution is 0.122. The molecule has 8 heteroatoms. The monoisotopic (exact) mass is 443 g/mol. The number of para-hydroxylation sites is 1. The fraction of sp³-hybridized carbons (Fsp3) is 0.458. The van der Waals surface area contributed by atoms with Gasteiger partial charge in [0.2, 0.25) is 0 Å². The van der Waals surface area contributed by atoms with Crippen LogP contribution in [0.1, 0.15) is 18.9 Å². The van der Waals surface area contributed by atoms with Crippen LogP contribution >= 0.6 is 0 Å². The summed E-state index contributed by atoms with van der Waals surface area (Å²) in [5.41, 5.74) is 2.82. The van der Waals surface area contributed by atoms with Crippen molar-refractivity contribution < 1.29 is 13.5 Å². The lowest BCUT2D eigenvalue weighted by atomic mass is 10.1. The number of aliphatic imine (C=N–C) groups is 1. The van der Waals surface area contributed by atoms with Gasteiger partial charge in [-0.2, -0.15) is 0 Å². The third-order valence-electron chi connectivity index (χ3n) is 5.87. The lowest BCUT2D eigenvalue weighted by Crippen LogP contribution is -2.44. The van der Waals surface area contributed by atoms with Crippen molar-refractivity contribution in [1.82, 2.24) is 10.6 Å². The summed E-state index contributed by atoms with van der Waals surface area (Å²) in [6.07, 6.45) is 0.853. The molecule has 2 aromatic rings. The molecule has 0 aromatic heterocycles. The zero-order valence-electron chi connectivity index (χ0n) is 18.5. The predicted octanol–water partition coefficient (Wildman–Crippen LogP) is 3.14. The van der Waals surface area contributed by atoms with E-state index in [0.29, 0.717) is 25.3 Å². The SMILES string of the molecule is CCNC(=NCc1ccccc1N1CCOCC1)NC1CCN(c2ccc(F)cc2F)C1. The molecule has 2 heterocycles. The Kier molecular flexibility index (Phi) is 7.42. The predicted molar refractivity (Wildman–Crippen MR) is 124 cm³/mol. The first-order valence-electron chi connectivity index (χ1n) is 11.3. The van der Waals surface area contributed by atoms with Crippen molar-refractivity contribution in [3.05, 3.63) is 59.7 Å². The minimum atomic E-state index is -0.556. The standard InChI is InChI=1S/C24H31F2N5O/c1-2-27-24(28-16-18-5-3-4-6-22(18)30-11-13-32-14-12-30)29-20-9-10-31(17-20)23-8-7-19(25)15-21(23)26/h3-8,15,20H,2,9-14,16-17H2,1H3,(H2,27,28,29). The molecule has 2 fully saturated rings. The normalized spacial score (nSPS) is 19.3. The number of nitrogens with one attached hydrogen (secondary N) is 2. The third kappa shape index (κ3) is 5.48. The molecule has 0 amide bonds. The largest absolute Gasteiger partial charge is 0.378 e. The molecule has 2 aromatic carbocycles. The van der Waals surface area contributed by atoms with Gasteiger partial charge in [-0.25, -0.2) is 13.8 Å². The third-order valence-corrected chi connectivity index (χ3v) is 5.87. The maximum absolute atomic E-state index is 14.2. The van der Waals surface area contributed by atoms with Gasteiger partial charge in [0.15, 0.2) is 5.96 Å². The number of hydrogen-bond donors (Lipinski definition) is 2. The molecule has 0 radical (unpaired) electrons. The fourth-order valence-corrected chi connectivity index (χ4v) is 4.27. The van der Waals surface area contributed by atoms with Gasteiger partial charge in [-0.1, -0.05) is 18.2 Å². The molecule has 2 aliphatic heterocycles. The van der Waals surface area contributed by atoms with Gasteiger partial charge >= 0.3 is 0 Å². The Morgan fingerprint density at radius 3 is 2.66 bits per heavy atom. The number of hydrogen-bond acceptors (Lipinski definition) is 4. The van der Waals surface area contributed by atoms with Gasteiger partial charge in [-0.3, -0.25) is 0 Å². The first-order chi connectivity index (χ1) is 15.6. The van der Waals surface area contributed by atoms with Gasteiger partial charge in [-0.05, 0) is 37.1 Å². The van der Waals surface area contributed by atoms with Gasteiger partial charge < -0.3 is 25.2 Å². The van der Waals surface area contributed by atoms with Crippen LogP contribution in [0.25, 0.3) is 0 Å². The molecule has 2 saturated heterocycles. The van der Waals surface area contributed by atoms with Crippen LogP contribution < -0.4 is 20.4 Å². The Labute approximate surface area is 188 Å². The van der Waals surface area contributed by atoms with Crippen LogP contribution in [0, 0.1) is 11.6 Å². The number of halogens is 2. The van der Waals surface area contributed by atoms with Crippen molar-refractivity contribution in [2.24, 2.45) is 4.99 Å². The van der Waals surface area contributed by atoms with E-state index in [4.69, 9.17) is 9.73 Å². The summed E-state index contributed by atoms with van der Waals surface area (Å²) in [6.45, 7) is 7.95. The molecule has 1 unspecified atom stereocenters. The zero-order chi connectivity index (χ0) is 22.3. The molecule has 0 saturated carbocycles. The number of benzene rings is 2. The summed E-state index contributed by atoms with van der Waals surface area (Å²) in [7, 11) is 0. The average molecular weight is 444 g/mol. The summed E-state index contributed by atoms with van der Waals surface area (Å²) in [5.74, 6) is -0.333. The van der Waals surface area contributed by atoms with Crippen molar-refractivity contribution in [1.29, 1.82) is 0 Å². The van der Waals surface area contributed by atoms with Crippen LogP contribution in [0.15, 0.2) is 47.5 Å². The Balaban J connectivity index is 1.41. The minimum absolute atomic E-state index is 0.131. The lowest BCUT2D eigenvalue weighted by Gasteiger charge is -2.30. The smallest absolute Gasteiger partial charge is 0.191 e. The van der Waals surface area contributed by atoms with Gasteiger partial charge in [0.25, 0.3) is 0 Å². The molecule has 6 nitrogen and oxygen atoms in total. The van der Waals surface area contributed by atoms with E-state index in [1.54, 1.807) is 0 Å². The Bertz CT molecular complexity index is 932. The summed E-state index contributed by atoms with van der Waals surface area (Å²) in [4.78, 5) is 9.12. The Hall–Kier alpha value is -2.87. The molecular weight excluding hydrogens is 412 g/mol. The van der Waals surface area contributed by atoms with E-state index in [1.165, 1.54) is 23.4 Å². The molecular formula is C24H31F2N5O. The molecule has 32 heavy (non-hydrogen) atoms. The van der Waals surface area contributed by atoms with Crippen LogP contribution in [0.3, 0.4) is 0 Å². The van der Waals surface area contributed by atoms with Crippen LogP contribution in [-0.4, -0.2) is 57.9 Å². The molecule has 2 N–H and O–H groups in total. The number of ether oxygens (including phenoxy) is 1. The second-order valence-corrected chi connectivity index (χ2v) is 8.09. The highest BCUT2D eigenvalue weighted by molar-refractivity contribution is 5.80. The maximum atomic E-state index is 14.2. The number of rotatable bonds is 6. The molecule has 0 aliphatic carbocycles. The van der Waals surface area contributed by atoms with Crippen molar-refractivity contribution in [3.63, 3.8) is 0 Å². The Morgan fingerprint density at radius 2 is 1.88 bits per heavy atom. The van der Waals surface area contributed by atoms with Gasteiger partial charge in [-0.15, -0.1) is 0 Å². The van der Waals surface area contributed by atoms with Crippen molar-refractivity contribution in [3.8, 4) is 0 Å². The summed E-state index contributed by atoms with van der Waals surface area (Å²) >= 11 is 0. The summed E-state index contributed by atoms with van der Waals surface area (Å²) in [6, 6.07) is 12.2. The maximum Gasteiger partial charge on any atom is 0.191 e. The number of morpholine rings is 1. The van der Waals surface area contributed by atoms with Crippen molar-refractivity contribution in [2.45, 2.75) is 25.9 Å². The summed E-state index contributed by atoms with van der Waals surface area (Å²) < 4.78 is 32.9. The van der Waals surface area contributed by atoms with Crippen LogP contribution in [-0.2, 0) is 11.3 Å². The number of nitrogens with zero attached hydrogens (tertiary/aromatic N) is 3. The first kappa shape index (κ1) is 22.3. The topological polar surface area (TPSA) is 52.1 Å². The van der Waals surface area contributed by atoms with Gasteiger partial charge in [0.05, 0.1) is 25.4 Å². The van der Waals surface area contributed by atoms with Crippen LogP contribution in [0.4, 0.5) is 20.2 Å².